The Morgan fingerprint density at radius 3 is 2.26 bits per heavy atom. The molecule has 34 heavy (non-hydrogen) atoms. The van der Waals surface area contributed by atoms with E-state index in [2.05, 4.69) is 4.74 Å². The first-order chi connectivity index (χ1) is 16.1. The van der Waals surface area contributed by atoms with Crippen LogP contribution in [0, 0.1) is 0 Å². The minimum atomic E-state index is -3.59. The van der Waals surface area contributed by atoms with E-state index in [1.165, 1.54) is 44.4 Å². The second-order valence-corrected chi connectivity index (χ2v) is 9.90. The molecule has 0 aliphatic carbocycles. The average molecular weight is 491 g/mol. The van der Waals surface area contributed by atoms with E-state index in [4.69, 9.17) is 4.74 Å². The van der Waals surface area contributed by atoms with Gasteiger partial charge in [-0.3, -0.25) is 14.4 Å². The fraction of sp³-hybridized carbons (Fsp3) is 0.400. The van der Waals surface area contributed by atoms with Gasteiger partial charge in [0, 0.05) is 17.5 Å². The number of hydrogen-bond donors (Lipinski definition) is 1. The van der Waals surface area contributed by atoms with E-state index in [0.29, 0.717) is 23.3 Å². The summed E-state index contributed by atoms with van der Waals surface area (Å²) >= 11 is 0. The number of carbonyl (C=O) groups excluding carboxylic acids is 3. The Hall–Kier alpha value is -3.20. The van der Waals surface area contributed by atoms with E-state index in [9.17, 15) is 27.9 Å². The third-order valence-corrected chi connectivity index (χ3v) is 7.07. The van der Waals surface area contributed by atoms with Crippen LogP contribution in [0.3, 0.4) is 0 Å². The van der Waals surface area contributed by atoms with Crippen LogP contribution in [-0.4, -0.2) is 50.5 Å². The highest BCUT2D eigenvalue weighted by molar-refractivity contribution is 7.91. The van der Waals surface area contributed by atoms with Gasteiger partial charge in [-0.2, -0.15) is 0 Å². The van der Waals surface area contributed by atoms with E-state index in [1.807, 2.05) is 6.92 Å². The third kappa shape index (κ3) is 7.15. The molecule has 0 aromatic heterocycles. The first-order valence-electron chi connectivity index (χ1n) is 11.0. The van der Waals surface area contributed by atoms with Crippen molar-refractivity contribution in [2.45, 2.75) is 50.8 Å². The fourth-order valence-corrected chi connectivity index (χ4v) is 4.67. The van der Waals surface area contributed by atoms with Gasteiger partial charge in [0.2, 0.25) is 0 Å². The normalized spacial score (nSPS) is 11.1. The second-order valence-electron chi connectivity index (χ2n) is 7.79. The molecule has 2 aromatic carbocycles. The summed E-state index contributed by atoms with van der Waals surface area (Å²) in [6.45, 7) is 3.42. The number of aromatic hydroxyl groups is 1. The number of ether oxygens (including phenoxy) is 2. The van der Waals surface area contributed by atoms with Gasteiger partial charge in [-0.15, -0.1) is 0 Å². The van der Waals surface area contributed by atoms with Gasteiger partial charge in [-0.1, -0.05) is 25.5 Å². The topological polar surface area (TPSA) is 124 Å². The summed E-state index contributed by atoms with van der Waals surface area (Å²) in [6.07, 6.45) is 1.42. The minimum absolute atomic E-state index is 0.0148. The summed E-state index contributed by atoms with van der Waals surface area (Å²) in [7, 11) is -2.35. The molecule has 0 heterocycles. The molecule has 0 aliphatic heterocycles. The number of phenols is 1. The number of esters is 1. The Morgan fingerprint density at radius 2 is 1.68 bits per heavy atom. The molecule has 0 atom stereocenters. The van der Waals surface area contributed by atoms with Crippen molar-refractivity contribution in [2.75, 3.05) is 19.5 Å². The maximum atomic E-state index is 12.6. The molecular weight excluding hydrogens is 460 g/mol. The third-order valence-electron chi connectivity index (χ3n) is 5.25. The standard InChI is InChI=1S/C25H30O8S/c1-4-6-21-23(13-11-20(17(2)26)25(21)29)33-15-5-16-34(30,31)19-9-7-18(8-10-19)22(27)12-14-24(28)32-3/h7-11,13,29H,4-6,12,14-16H2,1-3H3. The van der Waals surface area contributed by atoms with E-state index in [-0.39, 0.29) is 59.4 Å². The van der Waals surface area contributed by atoms with Crippen LogP contribution in [0.15, 0.2) is 41.3 Å². The maximum Gasteiger partial charge on any atom is 0.305 e. The van der Waals surface area contributed by atoms with E-state index >= 15 is 0 Å². The molecule has 0 spiro atoms. The minimum Gasteiger partial charge on any atom is -0.507 e. The van der Waals surface area contributed by atoms with Crippen LogP contribution >= 0.6 is 0 Å². The Morgan fingerprint density at radius 1 is 1.00 bits per heavy atom. The molecule has 2 rings (SSSR count). The molecule has 0 saturated heterocycles. The largest absolute Gasteiger partial charge is 0.507 e. The molecule has 2 aromatic rings. The number of benzene rings is 2. The zero-order valence-corrected chi connectivity index (χ0v) is 20.4. The summed E-state index contributed by atoms with van der Waals surface area (Å²) in [5.41, 5.74) is 1.08. The van der Waals surface area contributed by atoms with Crippen molar-refractivity contribution in [3.05, 3.63) is 53.1 Å². The Kier molecular flexibility index (Phi) is 9.80. The molecule has 0 fully saturated rings. The van der Waals surface area contributed by atoms with Gasteiger partial charge in [-0.25, -0.2) is 8.42 Å². The molecule has 0 saturated carbocycles. The first kappa shape index (κ1) is 27.0. The molecule has 8 nitrogen and oxygen atoms in total. The molecule has 0 amide bonds. The van der Waals surface area contributed by atoms with Crippen LogP contribution in [0.2, 0.25) is 0 Å². The van der Waals surface area contributed by atoms with Gasteiger partial charge in [-0.05, 0) is 44.0 Å². The van der Waals surface area contributed by atoms with Gasteiger partial charge in [0.1, 0.15) is 11.5 Å². The Balaban J connectivity index is 1.97. The van der Waals surface area contributed by atoms with Crippen molar-refractivity contribution in [3.63, 3.8) is 0 Å². The smallest absolute Gasteiger partial charge is 0.305 e. The zero-order chi connectivity index (χ0) is 25.3. The number of ketones is 2. The zero-order valence-electron chi connectivity index (χ0n) is 19.6. The molecule has 9 heteroatoms. The van der Waals surface area contributed by atoms with Crippen LogP contribution < -0.4 is 4.74 Å². The van der Waals surface area contributed by atoms with Crippen molar-refractivity contribution in [2.24, 2.45) is 0 Å². The van der Waals surface area contributed by atoms with E-state index < -0.39 is 15.8 Å². The Labute approximate surface area is 199 Å². The van der Waals surface area contributed by atoms with Gasteiger partial charge < -0.3 is 14.6 Å². The molecule has 0 unspecified atom stereocenters. The first-order valence-corrected chi connectivity index (χ1v) is 12.7. The highest BCUT2D eigenvalue weighted by atomic mass is 32.2. The average Bonchev–Trinajstić information content (AvgIpc) is 2.81. The highest BCUT2D eigenvalue weighted by Gasteiger charge is 2.18. The lowest BCUT2D eigenvalue weighted by molar-refractivity contribution is -0.140. The Bertz CT molecular complexity index is 1130. The molecule has 0 bridgehead atoms. The monoisotopic (exact) mass is 490 g/mol. The SMILES string of the molecule is CCCc1c(OCCCS(=O)(=O)c2ccc(C(=O)CCC(=O)OC)cc2)ccc(C(C)=O)c1O. The maximum absolute atomic E-state index is 12.6. The number of sulfone groups is 1. The lowest BCUT2D eigenvalue weighted by Gasteiger charge is -2.14. The summed E-state index contributed by atoms with van der Waals surface area (Å²) in [5, 5.41) is 10.4. The summed E-state index contributed by atoms with van der Waals surface area (Å²) in [4.78, 5) is 35.0. The van der Waals surface area contributed by atoms with Crippen LogP contribution in [-0.2, 0) is 25.8 Å². The quantitative estimate of drug-likeness (QED) is 0.254. The summed E-state index contributed by atoms with van der Waals surface area (Å²) in [6, 6.07) is 8.72. The van der Waals surface area contributed by atoms with E-state index in [0.717, 1.165) is 6.42 Å². The fourth-order valence-electron chi connectivity index (χ4n) is 3.39. The number of rotatable bonds is 13. The molecule has 184 valence electrons. The summed E-state index contributed by atoms with van der Waals surface area (Å²) in [5.74, 6) is -0.837. The molecular formula is C25H30O8S. The molecule has 0 radical (unpaired) electrons. The number of methoxy groups -OCH3 is 1. The highest BCUT2D eigenvalue weighted by Crippen LogP contribution is 2.33. The van der Waals surface area contributed by atoms with Crippen molar-refractivity contribution < 1.29 is 37.4 Å². The van der Waals surface area contributed by atoms with Crippen LogP contribution in [0.1, 0.15) is 65.8 Å². The van der Waals surface area contributed by atoms with Gasteiger partial charge in [0.05, 0.1) is 36.3 Å². The molecule has 0 aliphatic rings. The van der Waals surface area contributed by atoms with Crippen LogP contribution in [0.4, 0.5) is 0 Å². The van der Waals surface area contributed by atoms with Gasteiger partial charge in [0.15, 0.2) is 21.4 Å². The number of Topliss-reactive ketones (excluding diaryl/α,β-unsaturated/α-hetero) is 2. The second kappa shape index (κ2) is 12.3. The van der Waals surface area contributed by atoms with Crippen molar-refractivity contribution in [3.8, 4) is 11.5 Å². The van der Waals surface area contributed by atoms with Gasteiger partial charge >= 0.3 is 5.97 Å². The van der Waals surface area contributed by atoms with E-state index in [1.54, 1.807) is 6.07 Å². The number of hydrogen-bond acceptors (Lipinski definition) is 8. The van der Waals surface area contributed by atoms with Crippen LogP contribution in [0.25, 0.3) is 0 Å². The predicted octanol–water partition coefficient (Wildman–Crippen LogP) is 3.93. The number of phenolic OH excluding ortho intramolecular Hbond substituents is 1. The van der Waals surface area contributed by atoms with Crippen molar-refractivity contribution >= 4 is 27.4 Å². The molecule has 1 N–H and O–H groups in total. The summed E-state index contributed by atoms with van der Waals surface area (Å²) < 4.78 is 35.5. The van der Waals surface area contributed by atoms with Crippen LogP contribution in [0.5, 0.6) is 11.5 Å². The number of carbonyl (C=O) groups is 3. The lowest BCUT2D eigenvalue weighted by Crippen LogP contribution is -2.12. The van der Waals surface area contributed by atoms with Crippen molar-refractivity contribution in [1.82, 2.24) is 0 Å². The predicted molar refractivity (Wildman–Crippen MR) is 126 cm³/mol. The van der Waals surface area contributed by atoms with Gasteiger partial charge in [0.25, 0.3) is 0 Å². The lowest BCUT2D eigenvalue weighted by atomic mass is 10.0. The van der Waals surface area contributed by atoms with Crippen molar-refractivity contribution in [1.29, 1.82) is 0 Å².